The van der Waals surface area contributed by atoms with Gasteiger partial charge in [-0.3, -0.25) is 4.79 Å². The molecule has 3 heterocycles. The monoisotopic (exact) mass is 246 g/mol. The Balaban J connectivity index is 1.85. The highest BCUT2D eigenvalue weighted by Crippen LogP contribution is 2.33. The molecule has 1 aromatic heterocycles. The van der Waals surface area contributed by atoms with Gasteiger partial charge >= 0.3 is 0 Å². The van der Waals surface area contributed by atoms with Crippen LogP contribution >= 0.6 is 0 Å². The molecular formula is C13H18N4O. The van der Waals surface area contributed by atoms with Crippen molar-refractivity contribution in [1.29, 1.82) is 0 Å². The van der Waals surface area contributed by atoms with Gasteiger partial charge in [0.1, 0.15) is 5.69 Å². The van der Waals surface area contributed by atoms with Crippen molar-refractivity contribution in [2.45, 2.75) is 24.9 Å². The van der Waals surface area contributed by atoms with Gasteiger partial charge in [-0.1, -0.05) is 0 Å². The normalized spacial score (nSPS) is 27.5. The van der Waals surface area contributed by atoms with Crippen LogP contribution in [0.4, 0.5) is 5.69 Å². The number of carbonyl (C=O) groups excluding carboxylic acids is 1. The summed E-state index contributed by atoms with van der Waals surface area (Å²) in [6.07, 6.45) is 4.26. The fourth-order valence-electron chi connectivity index (χ4n) is 3.22. The Labute approximate surface area is 107 Å². The lowest BCUT2D eigenvalue weighted by Gasteiger charge is -2.40. The predicted molar refractivity (Wildman–Crippen MR) is 69.5 cm³/mol. The predicted octanol–water partition coefficient (Wildman–Crippen LogP) is 0.463. The maximum absolute atomic E-state index is 11.0. The smallest absolute Gasteiger partial charge is 0.267 e. The highest BCUT2D eigenvalue weighted by atomic mass is 16.1. The van der Waals surface area contributed by atoms with E-state index in [9.17, 15) is 4.79 Å². The molecule has 5 heteroatoms. The second kappa shape index (κ2) is 4.24. The van der Waals surface area contributed by atoms with E-state index in [1.807, 2.05) is 6.07 Å². The van der Waals surface area contributed by atoms with Gasteiger partial charge in [0, 0.05) is 25.2 Å². The highest BCUT2D eigenvalue weighted by Gasteiger charge is 2.38. The van der Waals surface area contributed by atoms with E-state index in [4.69, 9.17) is 5.73 Å². The molecule has 0 radical (unpaired) electrons. The Morgan fingerprint density at radius 3 is 2.50 bits per heavy atom. The molecule has 2 N–H and O–H groups in total. The van der Waals surface area contributed by atoms with Gasteiger partial charge in [0.05, 0.1) is 11.9 Å². The first-order valence-electron chi connectivity index (χ1n) is 6.38. The van der Waals surface area contributed by atoms with Gasteiger partial charge in [-0.05, 0) is 32.0 Å². The third-order valence-corrected chi connectivity index (χ3v) is 3.96. The molecule has 1 amide bonds. The molecule has 2 unspecified atom stereocenters. The number of likely N-dealkylation sites (N-methyl/N-ethyl adjacent to an activating group) is 1. The molecule has 2 aliphatic heterocycles. The van der Waals surface area contributed by atoms with Gasteiger partial charge in [0.2, 0.25) is 0 Å². The molecule has 5 nitrogen and oxygen atoms in total. The van der Waals surface area contributed by atoms with Crippen molar-refractivity contribution in [2.75, 3.05) is 25.0 Å². The van der Waals surface area contributed by atoms with Crippen molar-refractivity contribution in [3.8, 4) is 0 Å². The quantitative estimate of drug-likeness (QED) is 0.823. The van der Waals surface area contributed by atoms with Crippen LogP contribution < -0.4 is 10.6 Å². The molecule has 0 aliphatic carbocycles. The highest BCUT2D eigenvalue weighted by molar-refractivity contribution is 5.90. The zero-order chi connectivity index (χ0) is 12.7. The number of nitrogens with zero attached hydrogens (tertiary/aromatic N) is 3. The molecule has 2 saturated heterocycles. The lowest BCUT2D eigenvalue weighted by molar-refractivity contribution is 0.0995. The molecule has 2 fully saturated rings. The standard InChI is InChI=1S/C13H18N4O/c1-16-7-10-2-3-11(8-16)17(10)9-4-5-12(13(14)18)15-6-9/h4-6,10-11H,2-3,7-8H2,1H3,(H2,14,18). The summed E-state index contributed by atoms with van der Waals surface area (Å²) in [7, 11) is 2.18. The third-order valence-electron chi connectivity index (χ3n) is 3.96. The third kappa shape index (κ3) is 1.84. The van der Waals surface area contributed by atoms with Gasteiger partial charge in [-0.2, -0.15) is 0 Å². The zero-order valence-electron chi connectivity index (χ0n) is 10.5. The molecule has 3 rings (SSSR count). The maximum atomic E-state index is 11.0. The molecule has 18 heavy (non-hydrogen) atoms. The number of rotatable bonds is 2. The second-order valence-electron chi connectivity index (χ2n) is 5.28. The number of likely N-dealkylation sites (tertiary alicyclic amines) is 1. The molecule has 2 bridgehead atoms. The number of primary amides is 1. The topological polar surface area (TPSA) is 62.5 Å². The number of anilines is 1. The number of fused-ring (bicyclic) bond motifs is 2. The average Bonchev–Trinajstić information content (AvgIpc) is 2.62. The minimum absolute atomic E-state index is 0.334. The molecule has 2 aliphatic rings. The fourth-order valence-corrected chi connectivity index (χ4v) is 3.22. The summed E-state index contributed by atoms with van der Waals surface area (Å²) < 4.78 is 0. The van der Waals surface area contributed by atoms with E-state index in [0.29, 0.717) is 17.8 Å². The summed E-state index contributed by atoms with van der Waals surface area (Å²) >= 11 is 0. The first-order valence-corrected chi connectivity index (χ1v) is 6.38. The first-order chi connectivity index (χ1) is 8.65. The summed E-state index contributed by atoms with van der Waals surface area (Å²) in [4.78, 5) is 20.0. The van der Waals surface area contributed by atoms with Gasteiger partial charge < -0.3 is 15.5 Å². The van der Waals surface area contributed by atoms with E-state index in [0.717, 1.165) is 18.8 Å². The lowest BCUT2D eigenvalue weighted by atomic mass is 10.1. The molecule has 0 aromatic carbocycles. The van der Waals surface area contributed by atoms with Crippen molar-refractivity contribution in [1.82, 2.24) is 9.88 Å². The molecule has 2 atom stereocenters. The number of aromatic nitrogens is 1. The van der Waals surface area contributed by atoms with Crippen LogP contribution in [0.25, 0.3) is 0 Å². The Bertz CT molecular complexity index is 445. The van der Waals surface area contributed by atoms with Crippen LogP contribution in [0.5, 0.6) is 0 Å². The number of amides is 1. The average molecular weight is 246 g/mol. The first kappa shape index (κ1) is 11.5. The van der Waals surface area contributed by atoms with Crippen LogP contribution in [0.3, 0.4) is 0 Å². The van der Waals surface area contributed by atoms with Gasteiger partial charge in [0.15, 0.2) is 0 Å². The van der Waals surface area contributed by atoms with Crippen LogP contribution in [0.15, 0.2) is 18.3 Å². The number of piperazine rings is 1. The van der Waals surface area contributed by atoms with E-state index in [1.165, 1.54) is 12.8 Å². The van der Waals surface area contributed by atoms with Gasteiger partial charge in [-0.15, -0.1) is 0 Å². The largest absolute Gasteiger partial charge is 0.364 e. The van der Waals surface area contributed by atoms with Crippen LogP contribution in [-0.2, 0) is 0 Å². The molecule has 1 aromatic rings. The molecular weight excluding hydrogens is 228 g/mol. The SMILES string of the molecule is CN1CC2CCC(C1)N2c1ccc(C(N)=O)nc1. The Kier molecular flexibility index (Phi) is 2.70. The second-order valence-corrected chi connectivity index (χ2v) is 5.28. The Morgan fingerprint density at radius 2 is 2.00 bits per heavy atom. The maximum Gasteiger partial charge on any atom is 0.267 e. The molecule has 0 spiro atoms. The van der Waals surface area contributed by atoms with Gasteiger partial charge in [0.25, 0.3) is 5.91 Å². The van der Waals surface area contributed by atoms with Crippen LogP contribution in [0.1, 0.15) is 23.3 Å². The zero-order valence-corrected chi connectivity index (χ0v) is 10.5. The van der Waals surface area contributed by atoms with Crippen LogP contribution in [0, 0.1) is 0 Å². The van der Waals surface area contributed by atoms with E-state index < -0.39 is 5.91 Å². The minimum atomic E-state index is -0.470. The molecule has 0 saturated carbocycles. The summed E-state index contributed by atoms with van der Waals surface area (Å²) in [6, 6.07) is 4.84. The number of pyridine rings is 1. The lowest BCUT2D eigenvalue weighted by Crippen LogP contribution is -2.52. The summed E-state index contributed by atoms with van der Waals surface area (Å²) in [5.41, 5.74) is 6.65. The van der Waals surface area contributed by atoms with E-state index in [1.54, 1.807) is 12.3 Å². The van der Waals surface area contributed by atoms with Crippen LogP contribution in [-0.4, -0.2) is 48.0 Å². The van der Waals surface area contributed by atoms with Crippen molar-refractivity contribution < 1.29 is 4.79 Å². The Morgan fingerprint density at radius 1 is 1.33 bits per heavy atom. The number of hydrogen-bond donors (Lipinski definition) is 1. The van der Waals surface area contributed by atoms with Crippen molar-refractivity contribution in [3.05, 3.63) is 24.0 Å². The minimum Gasteiger partial charge on any atom is -0.364 e. The van der Waals surface area contributed by atoms with Crippen molar-refractivity contribution >= 4 is 11.6 Å². The summed E-state index contributed by atoms with van der Waals surface area (Å²) in [5, 5.41) is 0. The van der Waals surface area contributed by atoms with Crippen molar-refractivity contribution in [3.63, 3.8) is 0 Å². The van der Waals surface area contributed by atoms with E-state index in [-0.39, 0.29) is 0 Å². The van der Waals surface area contributed by atoms with E-state index >= 15 is 0 Å². The fraction of sp³-hybridized carbons (Fsp3) is 0.538. The number of hydrogen-bond acceptors (Lipinski definition) is 4. The Hall–Kier alpha value is -1.62. The molecule has 96 valence electrons. The summed E-state index contributed by atoms with van der Waals surface area (Å²) in [6.45, 7) is 2.21. The van der Waals surface area contributed by atoms with Crippen molar-refractivity contribution in [2.24, 2.45) is 5.73 Å². The number of carbonyl (C=O) groups is 1. The number of nitrogens with two attached hydrogens (primary N) is 1. The summed E-state index contributed by atoms with van der Waals surface area (Å²) in [5.74, 6) is -0.470. The van der Waals surface area contributed by atoms with Gasteiger partial charge in [-0.25, -0.2) is 4.98 Å². The van der Waals surface area contributed by atoms with E-state index in [2.05, 4.69) is 21.8 Å². The van der Waals surface area contributed by atoms with Crippen LogP contribution in [0.2, 0.25) is 0 Å².